The highest BCUT2D eigenvalue weighted by Gasteiger charge is 2.29. The van der Waals surface area contributed by atoms with Crippen LogP contribution in [0, 0.1) is 0 Å². The zero-order valence-corrected chi connectivity index (χ0v) is 15.6. The van der Waals surface area contributed by atoms with E-state index in [9.17, 15) is 9.90 Å². The third-order valence-corrected chi connectivity index (χ3v) is 5.23. The minimum atomic E-state index is -0.189. The van der Waals surface area contributed by atoms with E-state index in [1.165, 1.54) is 11.1 Å². The Kier molecular flexibility index (Phi) is 5.93. The van der Waals surface area contributed by atoms with Gasteiger partial charge < -0.3 is 10.0 Å². The number of nitrogens with one attached hydrogen (secondary N) is 1. The van der Waals surface area contributed by atoms with Crippen molar-refractivity contribution in [2.75, 3.05) is 18.5 Å². The smallest absolute Gasteiger partial charge is 0.323 e. The summed E-state index contributed by atoms with van der Waals surface area (Å²) < 4.78 is 1.84. The van der Waals surface area contributed by atoms with Crippen molar-refractivity contribution in [1.82, 2.24) is 14.7 Å². The molecular formula is C20H28N4O2. The standard InChI is InChI=1S/C20H28N4O2/c1-3-15(2)24-19(11-12-21-24)22-20(26)23(13-14-25)18-10-6-8-16-7-4-5-9-17(16)18/h4-5,7,9,11-12,15,18,25H,3,6,8,10,13-14H2,1-2H3,(H,22,26)/t15-,18-/m1/s1. The van der Waals surface area contributed by atoms with Gasteiger partial charge in [-0.1, -0.05) is 31.2 Å². The van der Waals surface area contributed by atoms with Crippen LogP contribution in [-0.4, -0.2) is 39.0 Å². The van der Waals surface area contributed by atoms with E-state index in [2.05, 4.69) is 36.4 Å². The molecule has 0 unspecified atom stereocenters. The fraction of sp³-hybridized carbons (Fsp3) is 0.500. The first-order valence-electron chi connectivity index (χ1n) is 9.45. The van der Waals surface area contributed by atoms with Crippen molar-refractivity contribution in [1.29, 1.82) is 0 Å². The first-order valence-corrected chi connectivity index (χ1v) is 9.45. The largest absolute Gasteiger partial charge is 0.395 e. The Labute approximate surface area is 154 Å². The predicted octanol–water partition coefficient (Wildman–Crippen LogP) is 3.76. The molecule has 1 aromatic heterocycles. The van der Waals surface area contributed by atoms with Gasteiger partial charge in [-0.05, 0) is 43.7 Å². The molecule has 6 nitrogen and oxygen atoms in total. The summed E-state index contributed by atoms with van der Waals surface area (Å²) in [5, 5.41) is 16.9. The maximum Gasteiger partial charge on any atom is 0.323 e. The molecule has 0 bridgehead atoms. The summed E-state index contributed by atoms with van der Waals surface area (Å²) in [7, 11) is 0. The molecule has 1 aromatic carbocycles. The Balaban J connectivity index is 1.83. The molecule has 2 N–H and O–H groups in total. The summed E-state index contributed by atoms with van der Waals surface area (Å²) in [5.74, 6) is 0.691. The highest BCUT2D eigenvalue weighted by Crippen LogP contribution is 2.34. The minimum absolute atomic E-state index is 0.00734. The molecule has 0 spiro atoms. The first-order chi connectivity index (χ1) is 12.7. The van der Waals surface area contributed by atoms with Crippen LogP contribution in [0.2, 0.25) is 0 Å². The molecule has 0 saturated carbocycles. The van der Waals surface area contributed by atoms with Gasteiger partial charge in [-0.2, -0.15) is 5.10 Å². The van der Waals surface area contributed by atoms with Gasteiger partial charge in [0.2, 0.25) is 0 Å². The number of aliphatic hydroxyl groups excluding tert-OH is 1. The van der Waals surface area contributed by atoms with Gasteiger partial charge in [0.05, 0.1) is 24.9 Å². The molecule has 140 valence electrons. The quantitative estimate of drug-likeness (QED) is 0.828. The molecule has 1 aliphatic rings. The van der Waals surface area contributed by atoms with Crippen LogP contribution >= 0.6 is 0 Å². The minimum Gasteiger partial charge on any atom is -0.395 e. The number of aromatic nitrogens is 2. The van der Waals surface area contributed by atoms with Gasteiger partial charge in [0, 0.05) is 12.6 Å². The van der Waals surface area contributed by atoms with Crippen molar-refractivity contribution in [3.63, 3.8) is 0 Å². The van der Waals surface area contributed by atoms with Crippen molar-refractivity contribution in [2.45, 2.75) is 51.6 Å². The maximum atomic E-state index is 13.0. The van der Waals surface area contributed by atoms with E-state index >= 15 is 0 Å². The Bertz CT molecular complexity index is 743. The zero-order valence-electron chi connectivity index (χ0n) is 15.6. The SMILES string of the molecule is CC[C@@H](C)n1nccc1NC(=O)N(CCO)[C@@H]1CCCc2ccccc21. The highest BCUT2D eigenvalue weighted by atomic mass is 16.3. The van der Waals surface area contributed by atoms with Crippen LogP contribution < -0.4 is 5.32 Å². The van der Waals surface area contributed by atoms with Crippen molar-refractivity contribution >= 4 is 11.8 Å². The van der Waals surface area contributed by atoms with Gasteiger partial charge in [-0.15, -0.1) is 0 Å². The lowest BCUT2D eigenvalue weighted by Gasteiger charge is -2.35. The number of nitrogens with zero attached hydrogens (tertiary/aromatic N) is 3. The van der Waals surface area contributed by atoms with Crippen LogP contribution in [0.4, 0.5) is 10.6 Å². The van der Waals surface area contributed by atoms with E-state index in [-0.39, 0.29) is 24.7 Å². The number of carbonyl (C=O) groups is 1. The molecule has 2 atom stereocenters. The molecule has 2 aromatic rings. The zero-order chi connectivity index (χ0) is 18.5. The third kappa shape index (κ3) is 3.75. The maximum absolute atomic E-state index is 13.0. The van der Waals surface area contributed by atoms with E-state index in [1.54, 1.807) is 11.1 Å². The van der Waals surface area contributed by atoms with Gasteiger partial charge in [0.1, 0.15) is 5.82 Å². The fourth-order valence-electron chi connectivity index (χ4n) is 3.68. The average Bonchev–Trinajstić information content (AvgIpc) is 3.13. The lowest BCUT2D eigenvalue weighted by Crippen LogP contribution is -2.41. The van der Waals surface area contributed by atoms with Crippen molar-refractivity contribution in [3.8, 4) is 0 Å². The second-order valence-corrected chi connectivity index (χ2v) is 6.87. The Morgan fingerprint density at radius 1 is 1.42 bits per heavy atom. The molecule has 0 radical (unpaired) electrons. The summed E-state index contributed by atoms with van der Waals surface area (Å²) >= 11 is 0. The van der Waals surface area contributed by atoms with Gasteiger partial charge in [-0.3, -0.25) is 5.32 Å². The summed E-state index contributed by atoms with van der Waals surface area (Å²) in [6.45, 7) is 4.42. The number of carbonyl (C=O) groups excluding carboxylic acids is 1. The number of rotatable bonds is 6. The Hall–Kier alpha value is -2.34. The molecule has 3 rings (SSSR count). The number of fused-ring (bicyclic) bond motifs is 1. The molecule has 26 heavy (non-hydrogen) atoms. The molecular weight excluding hydrogens is 328 g/mol. The van der Waals surface area contributed by atoms with Crippen molar-refractivity contribution in [3.05, 3.63) is 47.7 Å². The number of anilines is 1. The second-order valence-electron chi connectivity index (χ2n) is 6.87. The topological polar surface area (TPSA) is 70.4 Å². The van der Waals surface area contributed by atoms with Crippen molar-refractivity contribution < 1.29 is 9.90 Å². The monoisotopic (exact) mass is 356 g/mol. The van der Waals surface area contributed by atoms with E-state index in [0.29, 0.717) is 12.4 Å². The number of aryl methyl sites for hydroxylation is 1. The number of hydrogen-bond donors (Lipinski definition) is 2. The van der Waals surface area contributed by atoms with Gasteiger partial charge in [-0.25, -0.2) is 9.48 Å². The van der Waals surface area contributed by atoms with E-state index in [0.717, 1.165) is 25.7 Å². The normalized spacial score (nSPS) is 17.4. The predicted molar refractivity (Wildman–Crippen MR) is 102 cm³/mol. The molecule has 1 heterocycles. The Morgan fingerprint density at radius 2 is 2.23 bits per heavy atom. The number of urea groups is 1. The molecule has 2 amide bonds. The number of amides is 2. The molecule has 0 fully saturated rings. The van der Waals surface area contributed by atoms with Crippen LogP contribution in [0.5, 0.6) is 0 Å². The van der Waals surface area contributed by atoms with E-state index < -0.39 is 0 Å². The number of aliphatic hydroxyl groups is 1. The molecule has 1 aliphatic carbocycles. The van der Waals surface area contributed by atoms with Gasteiger partial charge in [0.15, 0.2) is 0 Å². The summed E-state index contributed by atoms with van der Waals surface area (Å²) in [4.78, 5) is 14.8. The molecule has 0 aliphatic heterocycles. The molecule has 0 saturated heterocycles. The van der Waals surface area contributed by atoms with Crippen LogP contribution in [0.1, 0.15) is 56.3 Å². The summed E-state index contributed by atoms with van der Waals surface area (Å²) in [5.41, 5.74) is 2.49. The fourth-order valence-corrected chi connectivity index (χ4v) is 3.68. The summed E-state index contributed by atoms with van der Waals surface area (Å²) in [6, 6.07) is 10.1. The first kappa shape index (κ1) is 18.5. The second kappa shape index (κ2) is 8.36. The lowest BCUT2D eigenvalue weighted by atomic mass is 9.87. The third-order valence-electron chi connectivity index (χ3n) is 5.23. The number of benzene rings is 1. The summed E-state index contributed by atoms with van der Waals surface area (Å²) in [6.07, 6.45) is 5.63. The van der Waals surface area contributed by atoms with Gasteiger partial charge >= 0.3 is 6.03 Å². The molecule has 6 heteroatoms. The van der Waals surface area contributed by atoms with E-state index in [1.807, 2.05) is 22.9 Å². The van der Waals surface area contributed by atoms with Crippen LogP contribution in [0.25, 0.3) is 0 Å². The van der Waals surface area contributed by atoms with Gasteiger partial charge in [0.25, 0.3) is 0 Å². The number of hydrogen-bond acceptors (Lipinski definition) is 3. The van der Waals surface area contributed by atoms with Crippen LogP contribution in [-0.2, 0) is 6.42 Å². The lowest BCUT2D eigenvalue weighted by molar-refractivity contribution is 0.154. The Morgan fingerprint density at radius 3 is 3.00 bits per heavy atom. The average molecular weight is 356 g/mol. The van der Waals surface area contributed by atoms with Crippen LogP contribution in [0.3, 0.4) is 0 Å². The van der Waals surface area contributed by atoms with Crippen molar-refractivity contribution in [2.24, 2.45) is 0 Å². The van der Waals surface area contributed by atoms with E-state index in [4.69, 9.17) is 0 Å². The highest BCUT2D eigenvalue weighted by molar-refractivity contribution is 5.88. The van der Waals surface area contributed by atoms with Crippen LogP contribution in [0.15, 0.2) is 36.5 Å².